The molecule has 0 radical (unpaired) electrons. The van der Waals surface area contributed by atoms with Gasteiger partial charge in [-0.05, 0) is 30.7 Å². The number of halogens is 2. The molecule has 0 saturated heterocycles. The first-order chi connectivity index (χ1) is 8.60. The molecule has 1 aromatic heterocycles. The van der Waals surface area contributed by atoms with Gasteiger partial charge in [-0.25, -0.2) is 14.4 Å². The Morgan fingerprint density at radius 3 is 2.72 bits per heavy atom. The molecule has 6 heteroatoms. The molecule has 0 aliphatic rings. The largest absolute Gasteiger partial charge is 0.490 e. The van der Waals surface area contributed by atoms with Gasteiger partial charge in [-0.3, -0.25) is 0 Å². The minimum atomic E-state index is -0.323. The van der Waals surface area contributed by atoms with Gasteiger partial charge in [-0.2, -0.15) is 0 Å². The zero-order valence-corrected chi connectivity index (χ0v) is 10.6. The number of hydrogen-bond donors (Lipinski definition) is 1. The third-order valence-corrected chi connectivity index (χ3v) is 2.54. The van der Waals surface area contributed by atoms with Crippen molar-refractivity contribution in [2.45, 2.75) is 6.92 Å². The van der Waals surface area contributed by atoms with Crippen molar-refractivity contribution in [3.63, 3.8) is 0 Å². The van der Waals surface area contributed by atoms with Gasteiger partial charge in [0.2, 0.25) is 0 Å². The van der Waals surface area contributed by atoms with E-state index in [-0.39, 0.29) is 11.0 Å². The Bertz CT molecular complexity index is 557. The van der Waals surface area contributed by atoms with Crippen molar-refractivity contribution in [2.75, 3.05) is 12.4 Å². The summed E-state index contributed by atoms with van der Waals surface area (Å²) in [7, 11) is 1.46. The predicted octanol–water partition coefficient (Wildman–Crippen LogP) is 3.33. The van der Waals surface area contributed by atoms with E-state index in [0.717, 1.165) is 5.56 Å². The molecule has 1 aromatic carbocycles. The molecular formula is C12H11ClFN3O. The summed E-state index contributed by atoms with van der Waals surface area (Å²) < 4.78 is 18.4. The smallest absolute Gasteiger partial charge is 0.199 e. The second-order valence-electron chi connectivity index (χ2n) is 3.69. The first kappa shape index (κ1) is 12.6. The summed E-state index contributed by atoms with van der Waals surface area (Å²) in [6.07, 6.45) is 1.30. The van der Waals surface area contributed by atoms with Crippen molar-refractivity contribution in [3.05, 3.63) is 41.1 Å². The quantitative estimate of drug-likeness (QED) is 0.867. The minimum absolute atomic E-state index is 0.197. The summed E-state index contributed by atoms with van der Waals surface area (Å²) in [5, 5.41) is 3.14. The first-order valence-corrected chi connectivity index (χ1v) is 5.56. The molecule has 4 nitrogen and oxygen atoms in total. The van der Waals surface area contributed by atoms with Crippen LogP contribution in [0.25, 0.3) is 0 Å². The molecular weight excluding hydrogens is 257 g/mol. The Morgan fingerprint density at radius 2 is 2.06 bits per heavy atom. The molecule has 0 unspecified atom stereocenters. The van der Waals surface area contributed by atoms with Crippen LogP contribution in [0.2, 0.25) is 5.15 Å². The minimum Gasteiger partial charge on any atom is -0.490 e. The number of benzene rings is 1. The van der Waals surface area contributed by atoms with Crippen molar-refractivity contribution in [1.29, 1.82) is 0 Å². The average Bonchev–Trinajstić information content (AvgIpc) is 2.27. The second-order valence-corrected chi connectivity index (χ2v) is 4.05. The number of ether oxygens (including phenoxy) is 1. The van der Waals surface area contributed by atoms with Crippen LogP contribution in [0.3, 0.4) is 0 Å². The third-order valence-electron chi connectivity index (χ3n) is 2.27. The molecule has 0 spiro atoms. The highest BCUT2D eigenvalue weighted by molar-refractivity contribution is 6.31. The van der Waals surface area contributed by atoms with E-state index in [4.69, 9.17) is 16.3 Å². The predicted molar refractivity (Wildman–Crippen MR) is 68.0 cm³/mol. The lowest BCUT2D eigenvalue weighted by molar-refractivity contribution is 0.413. The summed E-state index contributed by atoms with van der Waals surface area (Å²) in [5.74, 6) is 0.389. The number of rotatable bonds is 3. The average molecular weight is 268 g/mol. The van der Waals surface area contributed by atoms with Gasteiger partial charge >= 0.3 is 0 Å². The lowest BCUT2D eigenvalue weighted by Gasteiger charge is -2.11. The molecule has 1 N–H and O–H groups in total. The summed E-state index contributed by atoms with van der Waals surface area (Å²) in [4.78, 5) is 7.81. The maximum atomic E-state index is 13.3. The molecule has 2 rings (SSSR count). The van der Waals surface area contributed by atoms with Gasteiger partial charge in [-0.15, -0.1) is 0 Å². The Kier molecular flexibility index (Phi) is 3.62. The van der Waals surface area contributed by atoms with Crippen LogP contribution in [0.4, 0.5) is 15.9 Å². The fraction of sp³-hybridized carbons (Fsp3) is 0.167. The van der Waals surface area contributed by atoms with E-state index in [1.165, 1.54) is 25.6 Å². The molecule has 2 aromatic rings. The first-order valence-electron chi connectivity index (χ1n) is 5.19. The van der Waals surface area contributed by atoms with Crippen molar-refractivity contribution in [2.24, 2.45) is 0 Å². The Hall–Kier alpha value is -1.88. The molecule has 0 amide bonds. The summed E-state index contributed by atoms with van der Waals surface area (Å²) in [5.41, 5.74) is 1.37. The number of anilines is 2. The summed E-state index contributed by atoms with van der Waals surface area (Å²) in [6, 6.07) is 4.59. The van der Waals surface area contributed by atoms with Crippen LogP contribution < -0.4 is 10.1 Å². The van der Waals surface area contributed by atoms with E-state index in [2.05, 4.69) is 15.3 Å². The maximum absolute atomic E-state index is 13.3. The standard InChI is InChI=1S/C12H11ClFN3O/c1-7-3-8(14)5-9(4-7)17-12-10(18-2)11(13)15-6-16-12/h3-6H,1-2H3,(H,15,16,17). The number of hydrogen-bond acceptors (Lipinski definition) is 4. The number of nitrogens with one attached hydrogen (secondary N) is 1. The van der Waals surface area contributed by atoms with Gasteiger partial charge in [0.25, 0.3) is 0 Å². The zero-order valence-electron chi connectivity index (χ0n) is 9.87. The van der Waals surface area contributed by atoms with Gasteiger partial charge in [0.15, 0.2) is 16.7 Å². The number of nitrogens with zero attached hydrogens (tertiary/aromatic N) is 2. The van der Waals surface area contributed by atoms with Crippen LogP contribution in [-0.2, 0) is 0 Å². The fourth-order valence-corrected chi connectivity index (χ4v) is 1.78. The monoisotopic (exact) mass is 267 g/mol. The molecule has 0 atom stereocenters. The van der Waals surface area contributed by atoms with E-state index in [1.54, 1.807) is 13.0 Å². The highest BCUT2D eigenvalue weighted by atomic mass is 35.5. The molecule has 0 bridgehead atoms. The van der Waals surface area contributed by atoms with Crippen molar-refractivity contribution in [3.8, 4) is 5.75 Å². The van der Waals surface area contributed by atoms with Crippen molar-refractivity contribution in [1.82, 2.24) is 9.97 Å². The zero-order chi connectivity index (χ0) is 13.1. The van der Waals surface area contributed by atoms with Crippen LogP contribution in [-0.4, -0.2) is 17.1 Å². The normalized spacial score (nSPS) is 10.2. The molecule has 18 heavy (non-hydrogen) atoms. The highest BCUT2D eigenvalue weighted by Crippen LogP contribution is 2.30. The maximum Gasteiger partial charge on any atom is 0.199 e. The van der Waals surface area contributed by atoms with Gasteiger partial charge in [0.05, 0.1) is 7.11 Å². The van der Waals surface area contributed by atoms with Gasteiger partial charge in [0.1, 0.15) is 12.1 Å². The van der Waals surface area contributed by atoms with Crippen molar-refractivity contribution >= 4 is 23.1 Å². The van der Waals surface area contributed by atoms with Crippen LogP contribution in [0.1, 0.15) is 5.56 Å². The molecule has 0 saturated carbocycles. The van der Waals surface area contributed by atoms with E-state index < -0.39 is 0 Å². The molecule has 1 heterocycles. The summed E-state index contributed by atoms with van der Waals surface area (Å²) in [6.45, 7) is 1.80. The van der Waals surface area contributed by atoms with E-state index in [0.29, 0.717) is 17.3 Å². The van der Waals surface area contributed by atoms with Gasteiger partial charge in [0, 0.05) is 5.69 Å². The van der Waals surface area contributed by atoms with E-state index >= 15 is 0 Å². The highest BCUT2D eigenvalue weighted by Gasteiger charge is 2.10. The fourth-order valence-electron chi connectivity index (χ4n) is 1.57. The molecule has 94 valence electrons. The Morgan fingerprint density at radius 1 is 1.28 bits per heavy atom. The molecule has 0 aliphatic carbocycles. The van der Waals surface area contributed by atoms with Crippen LogP contribution in [0, 0.1) is 12.7 Å². The number of aromatic nitrogens is 2. The second kappa shape index (κ2) is 5.18. The Balaban J connectivity index is 2.36. The molecule has 0 aliphatic heterocycles. The van der Waals surface area contributed by atoms with Crippen molar-refractivity contribution < 1.29 is 9.13 Å². The number of methoxy groups -OCH3 is 1. The lowest BCUT2D eigenvalue weighted by atomic mass is 10.2. The van der Waals surface area contributed by atoms with E-state index in [1.807, 2.05) is 0 Å². The van der Waals surface area contributed by atoms with Gasteiger partial charge < -0.3 is 10.1 Å². The number of aryl methyl sites for hydroxylation is 1. The lowest BCUT2D eigenvalue weighted by Crippen LogP contribution is -2.00. The SMILES string of the molecule is COc1c(Cl)ncnc1Nc1cc(C)cc(F)c1. The third kappa shape index (κ3) is 2.68. The summed E-state index contributed by atoms with van der Waals surface area (Å²) >= 11 is 5.87. The van der Waals surface area contributed by atoms with Crippen LogP contribution in [0.5, 0.6) is 5.75 Å². The van der Waals surface area contributed by atoms with Crippen LogP contribution in [0.15, 0.2) is 24.5 Å². The Labute approximate surface area is 109 Å². The van der Waals surface area contributed by atoms with Gasteiger partial charge in [-0.1, -0.05) is 11.6 Å². The van der Waals surface area contributed by atoms with E-state index in [9.17, 15) is 4.39 Å². The van der Waals surface area contributed by atoms with Crippen LogP contribution >= 0.6 is 11.6 Å². The molecule has 0 fully saturated rings. The topological polar surface area (TPSA) is 47.0 Å².